The Kier molecular flexibility index (Phi) is 9.77. The summed E-state index contributed by atoms with van der Waals surface area (Å²) in [4.78, 5) is 27.7. The van der Waals surface area contributed by atoms with E-state index >= 15 is 0 Å². The number of halogens is 1. The summed E-state index contributed by atoms with van der Waals surface area (Å²) in [6.07, 6.45) is 0.485. The largest absolute Gasteiger partial charge is 0.495 e. The summed E-state index contributed by atoms with van der Waals surface area (Å²) in [5.74, 6) is -0.678. The molecule has 3 aromatic rings. The summed E-state index contributed by atoms with van der Waals surface area (Å²) >= 11 is 6.24. The zero-order valence-electron chi connectivity index (χ0n) is 21.8. The maximum absolute atomic E-state index is 13.9. The summed E-state index contributed by atoms with van der Waals surface area (Å²) in [5.41, 5.74) is 1.98. The summed E-state index contributed by atoms with van der Waals surface area (Å²) in [7, 11) is -1.32. The van der Waals surface area contributed by atoms with Crippen LogP contribution in [0.2, 0.25) is 5.02 Å². The number of hydrogen-bond donors (Lipinski definition) is 1. The van der Waals surface area contributed by atoms with E-state index in [2.05, 4.69) is 5.32 Å². The zero-order valence-corrected chi connectivity index (χ0v) is 23.4. The first-order valence-electron chi connectivity index (χ1n) is 12.1. The molecule has 10 heteroatoms. The van der Waals surface area contributed by atoms with Gasteiger partial charge in [-0.05, 0) is 56.2 Å². The molecule has 0 spiro atoms. The van der Waals surface area contributed by atoms with Crippen LogP contribution in [0.4, 0.5) is 5.69 Å². The number of nitrogens with zero attached hydrogens (tertiary/aromatic N) is 2. The molecule has 0 saturated carbocycles. The van der Waals surface area contributed by atoms with Gasteiger partial charge in [0.25, 0.3) is 10.0 Å². The highest BCUT2D eigenvalue weighted by atomic mass is 35.5. The lowest BCUT2D eigenvalue weighted by Gasteiger charge is -2.32. The first-order valence-corrected chi connectivity index (χ1v) is 13.9. The summed E-state index contributed by atoms with van der Waals surface area (Å²) in [6.45, 7) is 3.11. The van der Waals surface area contributed by atoms with E-state index in [0.717, 1.165) is 15.4 Å². The van der Waals surface area contributed by atoms with Crippen molar-refractivity contribution in [1.29, 1.82) is 0 Å². The van der Waals surface area contributed by atoms with E-state index in [1.807, 2.05) is 37.3 Å². The van der Waals surface area contributed by atoms with E-state index in [1.54, 1.807) is 31.2 Å². The molecule has 0 aliphatic carbocycles. The molecule has 0 fully saturated rings. The lowest BCUT2D eigenvalue weighted by atomic mass is 10.1. The van der Waals surface area contributed by atoms with Crippen LogP contribution in [-0.4, -0.2) is 58.4 Å². The summed E-state index contributed by atoms with van der Waals surface area (Å²) in [6, 6.07) is 19.6. The molecule has 0 aliphatic heterocycles. The summed E-state index contributed by atoms with van der Waals surface area (Å²) in [5, 5.41) is 2.84. The lowest BCUT2D eigenvalue weighted by Crippen LogP contribution is -2.51. The van der Waals surface area contributed by atoms with Gasteiger partial charge in [0, 0.05) is 18.6 Å². The molecule has 8 nitrogen and oxygen atoms in total. The van der Waals surface area contributed by atoms with Crippen LogP contribution in [0, 0.1) is 6.92 Å². The smallest absolute Gasteiger partial charge is 0.264 e. The number of aryl methyl sites for hydroxylation is 1. The Bertz CT molecular complexity index is 1360. The standard InChI is InChI=1S/C28H32ClN3O5S/c1-20-10-13-24(14-11-20)38(35,36)32(25-18-23(29)12-15-26(25)37-4)19-27(33)31(21(2)28(34)30-3)17-16-22-8-6-5-7-9-22/h5-15,18,21H,16-17,19H2,1-4H3,(H,30,34)/t21-/m0/s1. The van der Waals surface area contributed by atoms with Gasteiger partial charge in [-0.15, -0.1) is 0 Å². The lowest BCUT2D eigenvalue weighted by molar-refractivity contribution is -0.138. The van der Waals surface area contributed by atoms with Crippen molar-refractivity contribution >= 4 is 39.1 Å². The number of carbonyl (C=O) groups excluding carboxylic acids is 2. The van der Waals surface area contributed by atoms with Crippen molar-refractivity contribution in [2.24, 2.45) is 0 Å². The third-order valence-corrected chi connectivity index (χ3v) is 8.20. The number of carbonyl (C=O) groups is 2. The maximum Gasteiger partial charge on any atom is 0.264 e. The Morgan fingerprint density at radius 2 is 1.68 bits per heavy atom. The Balaban J connectivity index is 2.05. The highest BCUT2D eigenvalue weighted by Gasteiger charge is 2.33. The minimum absolute atomic E-state index is 0.00751. The molecule has 0 heterocycles. The molecular formula is C28H32ClN3O5S. The van der Waals surface area contributed by atoms with Crippen molar-refractivity contribution in [3.05, 3.63) is 88.9 Å². The van der Waals surface area contributed by atoms with Gasteiger partial charge >= 0.3 is 0 Å². The van der Waals surface area contributed by atoms with Gasteiger partial charge < -0.3 is 15.0 Å². The van der Waals surface area contributed by atoms with Gasteiger partial charge in [0.15, 0.2) is 0 Å². The summed E-state index contributed by atoms with van der Waals surface area (Å²) < 4.78 is 34.2. The molecule has 1 N–H and O–H groups in total. The van der Waals surface area contributed by atoms with Crippen LogP contribution < -0.4 is 14.4 Å². The number of ether oxygens (including phenoxy) is 1. The second-order valence-corrected chi connectivity index (χ2v) is 11.1. The van der Waals surface area contributed by atoms with Gasteiger partial charge in [0.1, 0.15) is 18.3 Å². The molecule has 0 unspecified atom stereocenters. The molecule has 0 bridgehead atoms. The van der Waals surface area contributed by atoms with Crippen LogP contribution >= 0.6 is 11.6 Å². The van der Waals surface area contributed by atoms with Gasteiger partial charge in [-0.2, -0.15) is 0 Å². The minimum atomic E-state index is -4.22. The highest BCUT2D eigenvalue weighted by Crippen LogP contribution is 2.35. The molecule has 1 atom stereocenters. The molecule has 0 aliphatic rings. The topological polar surface area (TPSA) is 96.0 Å². The molecular weight excluding hydrogens is 526 g/mol. The average molecular weight is 558 g/mol. The predicted octanol–water partition coefficient (Wildman–Crippen LogP) is 4.06. The Morgan fingerprint density at radius 1 is 1.03 bits per heavy atom. The quantitative estimate of drug-likeness (QED) is 0.383. The predicted molar refractivity (Wildman–Crippen MR) is 149 cm³/mol. The van der Waals surface area contributed by atoms with Crippen molar-refractivity contribution in [1.82, 2.24) is 10.2 Å². The van der Waals surface area contributed by atoms with Crippen molar-refractivity contribution in [2.75, 3.05) is 31.6 Å². The van der Waals surface area contributed by atoms with E-state index in [-0.39, 0.29) is 33.8 Å². The number of rotatable bonds is 11. The highest BCUT2D eigenvalue weighted by molar-refractivity contribution is 7.92. The van der Waals surface area contributed by atoms with Gasteiger partial charge in [0.2, 0.25) is 11.8 Å². The monoisotopic (exact) mass is 557 g/mol. The van der Waals surface area contributed by atoms with Gasteiger partial charge in [-0.1, -0.05) is 59.6 Å². The van der Waals surface area contributed by atoms with Crippen LogP contribution in [0.15, 0.2) is 77.7 Å². The first-order chi connectivity index (χ1) is 18.1. The molecule has 3 aromatic carbocycles. The molecule has 2 amide bonds. The van der Waals surface area contributed by atoms with Gasteiger partial charge in [0.05, 0.1) is 17.7 Å². The number of hydrogen-bond acceptors (Lipinski definition) is 5. The Morgan fingerprint density at radius 3 is 2.29 bits per heavy atom. The van der Waals surface area contributed by atoms with Crippen LogP contribution in [0.1, 0.15) is 18.1 Å². The Hall–Kier alpha value is -3.56. The van der Waals surface area contributed by atoms with Crippen LogP contribution in [0.5, 0.6) is 5.75 Å². The molecule has 202 valence electrons. The van der Waals surface area contributed by atoms with E-state index in [4.69, 9.17) is 16.3 Å². The number of nitrogens with one attached hydrogen (secondary N) is 1. The number of sulfonamides is 1. The fourth-order valence-electron chi connectivity index (χ4n) is 3.99. The first kappa shape index (κ1) is 29.0. The van der Waals surface area contributed by atoms with Crippen molar-refractivity contribution in [3.63, 3.8) is 0 Å². The number of likely N-dealkylation sites (N-methyl/N-ethyl adjacent to an activating group) is 1. The molecule has 0 saturated heterocycles. The fraction of sp³-hybridized carbons (Fsp3) is 0.286. The third kappa shape index (κ3) is 6.85. The van der Waals surface area contributed by atoms with Gasteiger partial charge in [-0.3, -0.25) is 13.9 Å². The number of anilines is 1. The molecule has 38 heavy (non-hydrogen) atoms. The van der Waals surface area contributed by atoms with Crippen molar-refractivity contribution in [2.45, 2.75) is 31.2 Å². The molecule has 0 radical (unpaired) electrons. The Labute approximate surface area is 229 Å². The van der Waals surface area contributed by atoms with Crippen LogP contribution in [0.3, 0.4) is 0 Å². The van der Waals surface area contributed by atoms with E-state index < -0.39 is 28.5 Å². The fourth-order valence-corrected chi connectivity index (χ4v) is 5.57. The minimum Gasteiger partial charge on any atom is -0.495 e. The third-order valence-electron chi connectivity index (χ3n) is 6.20. The van der Waals surface area contributed by atoms with Crippen LogP contribution in [0.25, 0.3) is 0 Å². The molecule has 0 aromatic heterocycles. The molecule has 3 rings (SSSR count). The average Bonchev–Trinajstić information content (AvgIpc) is 2.91. The number of benzene rings is 3. The van der Waals surface area contributed by atoms with E-state index in [9.17, 15) is 18.0 Å². The second-order valence-electron chi connectivity index (χ2n) is 8.75. The van der Waals surface area contributed by atoms with E-state index in [0.29, 0.717) is 6.42 Å². The van der Waals surface area contributed by atoms with Gasteiger partial charge in [-0.25, -0.2) is 8.42 Å². The van der Waals surface area contributed by atoms with E-state index in [1.165, 1.54) is 37.3 Å². The zero-order chi connectivity index (χ0) is 27.9. The normalized spacial score (nSPS) is 11.9. The van der Waals surface area contributed by atoms with Crippen LogP contribution in [-0.2, 0) is 26.0 Å². The number of methoxy groups -OCH3 is 1. The van der Waals surface area contributed by atoms with Crippen molar-refractivity contribution in [3.8, 4) is 5.75 Å². The second kappa shape index (κ2) is 12.8. The number of amides is 2. The maximum atomic E-state index is 13.9. The van der Waals surface area contributed by atoms with Crippen molar-refractivity contribution < 1.29 is 22.7 Å². The SMILES string of the molecule is CNC(=O)[C@H](C)N(CCc1ccccc1)C(=O)CN(c1cc(Cl)ccc1OC)S(=O)(=O)c1ccc(C)cc1.